The fourth-order valence-electron chi connectivity index (χ4n) is 2.09. The molecule has 2 heterocycles. The van der Waals surface area contributed by atoms with E-state index in [9.17, 15) is 0 Å². The van der Waals surface area contributed by atoms with Crippen LogP contribution in [0, 0.1) is 5.92 Å². The summed E-state index contributed by atoms with van der Waals surface area (Å²) in [7, 11) is 0. The SMILES string of the molecule is CC1CCCN(c2cc(NN)nc(N)n2)C1. The number of rotatable bonds is 2. The van der Waals surface area contributed by atoms with E-state index in [0.29, 0.717) is 11.7 Å². The summed E-state index contributed by atoms with van der Waals surface area (Å²) in [6.45, 7) is 4.28. The van der Waals surface area contributed by atoms with Crippen LogP contribution in [-0.4, -0.2) is 23.1 Å². The first kappa shape index (κ1) is 10.9. The van der Waals surface area contributed by atoms with Gasteiger partial charge in [0.15, 0.2) is 0 Å². The Hall–Kier alpha value is -1.56. The topological polar surface area (TPSA) is 93.1 Å². The van der Waals surface area contributed by atoms with Gasteiger partial charge in [0.1, 0.15) is 11.6 Å². The lowest BCUT2D eigenvalue weighted by molar-refractivity contribution is 0.444. The maximum absolute atomic E-state index is 5.63. The standard InChI is InChI=1S/C10H18N6/c1-7-3-2-4-16(6-7)9-5-8(15-12)13-10(11)14-9/h5,7H,2-4,6,12H2,1H3,(H3,11,13,14,15). The zero-order valence-corrected chi connectivity index (χ0v) is 9.48. The molecule has 6 nitrogen and oxygen atoms in total. The second kappa shape index (κ2) is 4.52. The molecule has 6 heteroatoms. The first-order valence-electron chi connectivity index (χ1n) is 5.55. The molecule has 1 aliphatic rings. The minimum Gasteiger partial charge on any atom is -0.368 e. The quantitative estimate of drug-likeness (QED) is 0.500. The van der Waals surface area contributed by atoms with Gasteiger partial charge in [-0.3, -0.25) is 0 Å². The van der Waals surface area contributed by atoms with Gasteiger partial charge in [-0.05, 0) is 18.8 Å². The van der Waals surface area contributed by atoms with Gasteiger partial charge in [-0.1, -0.05) is 6.92 Å². The Balaban J connectivity index is 2.21. The van der Waals surface area contributed by atoms with Gasteiger partial charge >= 0.3 is 0 Å². The zero-order chi connectivity index (χ0) is 11.5. The van der Waals surface area contributed by atoms with Crippen LogP contribution in [0.15, 0.2) is 6.07 Å². The number of aromatic nitrogens is 2. The molecule has 1 aromatic heterocycles. The van der Waals surface area contributed by atoms with Gasteiger partial charge in [0.05, 0.1) is 0 Å². The van der Waals surface area contributed by atoms with Crippen molar-refractivity contribution in [1.82, 2.24) is 9.97 Å². The molecule has 0 aromatic carbocycles. The van der Waals surface area contributed by atoms with Crippen molar-refractivity contribution in [3.05, 3.63) is 6.07 Å². The minimum atomic E-state index is 0.253. The number of hydrogen-bond donors (Lipinski definition) is 3. The van der Waals surface area contributed by atoms with Crippen LogP contribution in [0.3, 0.4) is 0 Å². The molecule has 88 valence electrons. The molecule has 2 rings (SSSR count). The molecule has 0 bridgehead atoms. The van der Waals surface area contributed by atoms with Crippen molar-refractivity contribution in [2.75, 3.05) is 29.1 Å². The fourth-order valence-corrected chi connectivity index (χ4v) is 2.09. The van der Waals surface area contributed by atoms with E-state index < -0.39 is 0 Å². The van der Waals surface area contributed by atoms with E-state index in [1.54, 1.807) is 0 Å². The third-order valence-electron chi connectivity index (χ3n) is 2.86. The number of hydrogen-bond acceptors (Lipinski definition) is 6. The van der Waals surface area contributed by atoms with E-state index in [1.807, 2.05) is 6.07 Å². The summed E-state index contributed by atoms with van der Waals surface area (Å²) in [6.07, 6.45) is 2.47. The maximum atomic E-state index is 5.63. The van der Waals surface area contributed by atoms with E-state index in [1.165, 1.54) is 12.8 Å². The molecule has 1 atom stereocenters. The summed E-state index contributed by atoms with van der Waals surface area (Å²) in [6, 6.07) is 1.83. The van der Waals surface area contributed by atoms with Crippen molar-refractivity contribution in [1.29, 1.82) is 0 Å². The summed E-state index contributed by atoms with van der Waals surface area (Å²) < 4.78 is 0. The first-order valence-corrected chi connectivity index (χ1v) is 5.55. The largest absolute Gasteiger partial charge is 0.368 e. The normalized spacial score (nSPS) is 20.9. The molecule has 1 aliphatic heterocycles. The predicted molar refractivity (Wildman–Crippen MR) is 64.9 cm³/mol. The van der Waals surface area contributed by atoms with E-state index in [4.69, 9.17) is 11.6 Å². The Morgan fingerprint density at radius 2 is 2.31 bits per heavy atom. The molecule has 1 saturated heterocycles. The van der Waals surface area contributed by atoms with Crippen molar-refractivity contribution < 1.29 is 0 Å². The lowest BCUT2D eigenvalue weighted by atomic mass is 10.0. The van der Waals surface area contributed by atoms with Crippen molar-refractivity contribution >= 4 is 17.6 Å². The third kappa shape index (κ3) is 2.33. The van der Waals surface area contributed by atoms with E-state index in [2.05, 4.69) is 27.2 Å². The highest BCUT2D eigenvalue weighted by Crippen LogP contribution is 2.23. The highest BCUT2D eigenvalue weighted by Gasteiger charge is 2.18. The Kier molecular flexibility index (Phi) is 3.09. The lowest BCUT2D eigenvalue weighted by Gasteiger charge is -2.31. The summed E-state index contributed by atoms with van der Waals surface area (Å²) in [5.41, 5.74) is 8.13. The summed E-state index contributed by atoms with van der Waals surface area (Å²) in [5, 5.41) is 0. The van der Waals surface area contributed by atoms with Crippen LogP contribution in [0.1, 0.15) is 19.8 Å². The Bertz CT molecular complexity index is 366. The number of nitrogen functional groups attached to an aromatic ring is 2. The molecule has 16 heavy (non-hydrogen) atoms. The van der Waals surface area contributed by atoms with Gasteiger partial charge in [0.25, 0.3) is 0 Å². The number of nitrogens with one attached hydrogen (secondary N) is 1. The monoisotopic (exact) mass is 222 g/mol. The summed E-state index contributed by atoms with van der Waals surface area (Å²) in [5.74, 6) is 7.69. The van der Waals surface area contributed by atoms with Crippen LogP contribution < -0.4 is 21.9 Å². The zero-order valence-electron chi connectivity index (χ0n) is 9.48. The van der Waals surface area contributed by atoms with Gasteiger partial charge in [-0.25, -0.2) is 5.84 Å². The number of hydrazine groups is 1. The first-order chi connectivity index (χ1) is 7.69. The van der Waals surface area contributed by atoms with Crippen LogP contribution in [0.4, 0.5) is 17.6 Å². The Labute approximate surface area is 95.0 Å². The minimum absolute atomic E-state index is 0.253. The van der Waals surface area contributed by atoms with Crippen molar-refractivity contribution in [2.45, 2.75) is 19.8 Å². The van der Waals surface area contributed by atoms with Gasteiger partial charge in [-0.15, -0.1) is 0 Å². The number of anilines is 3. The maximum Gasteiger partial charge on any atom is 0.223 e. The van der Waals surface area contributed by atoms with Crippen LogP contribution in [0.25, 0.3) is 0 Å². The smallest absolute Gasteiger partial charge is 0.223 e. The number of piperidine rings is 1. The molecule has 0 radical (unpaired) electrons. The molecule has 0 aliphatic carbocycles. The van der Waals surface area contributed by atoms with E-state index in [-0.39, 0.29) is 5.95 Å². The molecular formula is C10H18N6. The van der Waals surface area contributed by atoms with Crippen LogP contribution in [0.5, 0.6) is 0 Å². The van der Waals surface area contributed by atoms with Gasteiger partial charge in [-0.2, -0.15) is 9.97 Å². The molecule has 0 amide bonds. The number of nitrogens with two attached hydrogens (primary N) is 2. The average molecular weight is 222 g/mol. The third-order valence-corrected chi connectivity index (χ3v) is 2.86. The molecule has 0 spiro atoms. The van der Waals surface area contributed by atoms with Crippen molar-refractivity contribution in [2.24, 2.45) is 11.8 Å². The van der Waals surface area contributed by atoms with Crippen molar-refractivity contribution in [3.8, 4) is 0 Å². The molecule has 0 saturated carbocycles. The van der Waals surface area contributed by atoms with Gasteiger partial charge in [0, 0.05) is 19.2 Å². The fraction of sp³-hybridized carbons (Fsp3) is 0.600. The van der Waals surface area contributed by atoms with Gasteiger partial charge < -0.3 is 16.1 Å². The highest BCUT2D eigenvalue weighted by molar-refractivity contribution is 5.52. The Morgan fingerprint density at radius 1 is 1.50 bits per heavy atom. The van der Waals surface area contributed by atoms with E-state index >= 15 is 0 Å². The lowest BCUT2D eigenvalue weighted by Crippen LogP contribution is -2.35. The molecular weight excluding hydrogens is 204 g/mol. The molecule has 1 aromatic rings. The van der Waals surface area contributed by atoms with Crippen LogP contribution >= 0.6 is 0 Å². The highest BCUT2D eigenvalue weighted by atomic mass is 15.3. The average Bonchev–Trinajstić information content (AvgIpc) is 2.28. The number of nitrogens with zero attached hydrogens (tertiary/aromatic N) is 3. The molecule has 1 fully saturated rings. The second-order valence-electron chi connectivity index (χ2n) is 4.31. The predicted octanol–water partition coefficient (Wildman–Crippen LogP) is 0.581. The van der Waals surface area contributed by atoms with Crippen LogP contribution in [-0.2, 0) is 0 Å². The van der Waals surface area contributed by atoms with Crippen molar-refractivity contribution in [3.63, 3.8) is 0 Å². The van der Waals surface area contributed by atoms with Gasteiger partial charge in [0.2, 0.25) is 5.95 Å². The molecule has 5 N–H and O–H groups in total. The summed E-state index contributed by atoms with van der Waals surface area (Å²) >= 11 is 0. The van der Waals surface area contributed by atoms with Crippen LogP contribution in [0.2, 0.25) is 0 Å². The Morgan fingerprint density at radius 3 is 3.00 bits per heavy atom. The molecule has 1 unspecified atom stereocenters. The summed E-state index contributed by atoms with van der Waals surface area (Å²) in [4.78, 5) is 10.4. The second-order valence-corrected chi connectivity index (χ2v) is 4.31. The van der Waals surface area contributed by atoms with E-state index in [0.717, 1.165) is 18.9 Å².